The lowest BCUT2D eigenvalue weighted by molar-refractivity contribution is -0.200. The molecule has 2 aliphatic rings. The molecule has 3 aromatic carbocycles. The minimum absolute atomic E-state index is 0.305. The molecule has 2 heterocycles. The molecule has 3 nitrogen and oxygen atoms in total. The van der Waals surface area contributed by atoms with Crippen LogP contribution in [0, 0.1) is 6.92 Å². The SMILES string of the molecule is Cc1cccc(C2(Cc3cccc(N4CC(C)(F)C4)c3)CN(C[C@@H](O)C(F)(F)F)c3ccccc32)c1. The molecule has 0 amide bonds. The number of alkyl halides is 4. The maximum atomic E-state index is 14.1. The van der Waals surface area contributed by atoms with E-state index in [2.05, 4.69) is 12.1 Å². The number of hydrogen-bond donors (Lipinski definition) is 1. The Morgan fingerprint density at radius 3 is 2.36 bits per heavy atom. The number of para-hydroxylation sites is 1. The Hall–Kier alpha value is -3.06. The van der Waals surface area contributed by atoms with Crippen molar-refractivity contribution in [3.8, 4) is 0 Å². The van der Waals surface area contributed by atoms with Gasteiger partial charge in [-0.15, -0.1) is 0 Å². The molecule has 0 radical (unpaired) electrons. The normalized spacial score (nSPS) is 21.8. The van der Waals surface area contributed by atoms with Gasteiger partial charge in [0.1, 0.15) is 5.67 Å². The van der Waals surface area contributed by atoms with Gasteiger partial charge >= 0.3 is 6.18 Å². The van der Waals surface area contributed by atoms with Crippen molar-refractivity contribution in [3.05, 3.63) is 95.1 Å². The summed E-state index contributed by atoms with van der Waals surface area (Å²) < 4.78 is 54.0. The third kappa shape index (κ3) is 4.57. The van der Waals surface area contributed by atoms with Crippen LogP contribution in [0.4, 0.5) is 28.9 Å². The molecule has 0 saturated carbocycles. The van der Waals surface area contributed by atoms with Crippen LogP contribution in [0.15, 0.2) is 72.8 Å². The molecule has 190 valence electrons. The van der Waals surface area contributed by atoms with Gasteiger partial charge in [-0.3, -0.25) is 0 Å². The highest BCUT2D eigenvalue weighted by atomic mass is 19.4. The molecule has 1 unspecified atom stereocenters. The standard InChI is InChI=1S/C29H30F4N2O/c1-20-7-5-9-22(13-20)28(15-21-8-6-10-23(14-21)35-17-27(2,30)18-35)19-34(16-26(36)29(31,32)33)25-12-4-3-11-24(25)28/h3-14,26,36H,15-19H2,1-2H3/t26-,28?/m1/s1. The van der Waals surface area contributed by atoms with Crippen LogP contribution in [-0.4, -0.2) is 49.2 Å². The molecular formula is C29H30F4N2O. The molecule has 0 aromatic heterocycles. The molecule has 3 aromatic rings. The minimum Gasteiger partial charge on any atom is -0.382 e. The fourth-order valence-corrected chi connectivity index (χ4v) is 5.71. The minimum atomic E-state index is -4.69. The third-order valence-electron chi connectivity index (χ3n) is 7.39. The van der Waals surface area contributed by atoms with Gasteiger partial charge in [-0.05, 0) is 55.2 Å². The molecule has 0 spiro atoms. The van der Waals surface area contributed by atoms with Crippen molar-refractivity contribution in [2.24, 2.45) is 0 Å². The smallest absolute Gasteiger partial charge is 0.382 e. The third-order valence-corrected chi connectivity index (χ3v) is 7.39. The van der Waals surface area contributed by atoms with E-state index < -0.39 is 29.9 Å². The highest BCUT2D eigenvalue weighted by molar-refractivity contribution is 5.67. The van der Waals surface area contributed by atoms with Crippen molar-refractivity contribution in [1.29, 1.82) is 0 Å². The van der Waals surface area contributed by atoms with Crippen LogP contribution in [0.2, 0.25) is 0 Å². The predicted octanol–water partition coefficient (Wildman–Crippen LogP) is 5.82. The number of β-amino-alcohol motifs (C(OH)–C–C–N with tert-alkyl or cyclic N) is 1. The lowest BCUT2D eigenvalue weighted by Gasteiger charge is -2.44. The number of aryl methyl sites for hydroxylation is 1. The second-order valence-electron chi connectivity index (χ2n) is 10.5. The summed E-state index contributed by atoms with van der Waals surface area (Å²) in [5.41, 5.74) is 3.88. The summed E-state index contributed by atoms with van der Waals surface area (Å²) in [6, 6.07) is 23.6. The Morgan fingerprint density at radius 1 is 0.944 bits per heavy atom. The van der Waals surface area contributed by atoms with Crippen LogP contribution >= 0.6 is 0 Å². The molecule has 2 aliphatic heterocycles. The Bertz CT molecular complexity index is 1250. The van der Waals surface area contributed by atoms with Crippen molar-refractivity contribution >= 4 is 11.4 Å². The van der Waals surface area contributed by atoms with Gasteiger partial charge in [-0.25, -0.2) is 4.39 Å². The number of fused-ring (bicyclic) bond motifs is 1. The first-order valence-electron chi connectivity index (χ1n) is 12.2. The van der Waals surface area contributed by atoms with Gasteiger partial charge in [0.2, 0.25) is 0 Å². The Morgan fingerprint density at radius 2 is 1.67 bits per heavy atom. The molecule has 36 heavy (non-hydrogen) atoms. The van der Waals surface area contributed by atoms with Crippen molar-refractivity contribution in [2.45, 2.75) is 43.6 Å². The summed E-state index contributed by atoms with van der Waals surface area (Å²) in [7, 11) is 0. The average molecular weight is 499 g/mol. The largest absolute Gasteiger partial charge is 0.416 e. The molecular weight excluding hydrogens is 468 g/mol. The van der Waals surface area contributed by atoms with E-state index in [1.165, 1.54) is 0 Å². The Balaban J connectivity index is 1.56. The summed E-state index contributed by atoms with van der Waals surface area (Å²) in [5.74, 6) is 0. The van der Waals surface area contributed by atoms with E-state index in [1.807, 2.05) is 72.5 Å². The van der Waals surface area contributed by atoms with Gasteiger partial charge in [0, 0.05) is 23.3 Å². The molecule has 1 N–H and O–H groups in total. The first kappa shape index (κ1) is 24.6. The number of nitrogens with zero attached hydrogens (tertiary/aromatic N) is 2. The number of rotatable bonds is 6. The number of aliphatic hydroxyl groups is 1. The fourth-order valence-electron chi connectivity index (χ4n) is 5.71. The predicted molar refractivity (Wildman–Crippen MR) is 135 cm³/mol. The highest BCUT2D eigenvalue weighted by Gasteiger charge is 2.47. The first-order chi connectivity index (χ1) is 17.0. The maximum Gasteiger partial charge on any atom is 0.416 e. The zero-order chi connectivity index (χ0) is 25.7. The topological polar surface area (TPSA) is 26.7 Å². The van der Waals surface area contributed by atoms with Gasteiger partial charge in [-0.2, -0.15) is 13.2 Å². The second kappa shape index (κ2) is 8.80. The van der Waals surface area contributed by atoms with E-state index in [4.69, 9.17) is 0 Å². The van der Waals surface area contributed by atoms with Gasteiger partial charge in [0.25, 0.3) is 0 Å². The molecule has 7 heteroatoms. The zero-order valence-corrected chi connectivity index (χ0v) is 20.4. The van der Waals surface area contributed by atoms with Gasteiger partial charge < -0.3 is 14.9 Å². The van der Waals surface area contributed by atoms with E-state index in [9.17, 15) is 22.7 Å². The molecule has 1 fully saturated rings. The van der Waals surface area contributed by atoms with Crippen LogP contribution in [0.5, 0.6) is 0 Å². The molecule has 0 bridgehead atoms. The number of halogens is 4. The molecule has 1 saturated heterocycles. The van der Waals surface area contributed by atoms with Crippen molar-refractivity contribution in [3.63, 3.8) is 0 Å². The number of benzene rings is 3. The van der Waals surface area contributed by atoms with Crippen molar-refractivity contribution in [2.75, 3.05) is 36.0 Å². The monoisotopic (exact) mass is 498 g/mol. The summed E-state index contributed by atoms with van der Waals surface area (Å²) in [5, 5.41) is 9.92. The summed E-state index contributed by atoms with van der Waals surface area (Å²) >= 11 is 0. The van der Waals surface area contributed by atoms with E-state index in [1.54, 1.807) is 11.8 Å². The van der Waals surface area contributed by atoms with Crippen molar-refractivity contribution in [1.82, 2.24) is 0 Å². The van der Waals surface area contributed by atoms with Crippen LogP contribution in [0.1, 0.15) is 29.2 Å². The Labute approximate surface area is 209 Å². The summed E-state index contributed by atoms with van der Waals surface area (Å²) in [4.78, 5) is 3.65. The molecule has 5 rings (SSSR count). The summed E-state index contributed by atoms with van der Waals surface area (Å²) in [6.45, 7) is 4.05. The van der Waals surface area contributed by atoms with Gasteiger partial charge in [0.15, 0.2) is 6.10 Å². The highest BCUT2D eigenvalue weighted by Crippen LogP contribution is 2.48. The quantitative estimate of drug-likeness (QED) is 0.434. The number of anilines is 2. The number of aliphatic hydroxyl groups excluding tert-OH is 1. The molecule has 0 aliphatic carbocycles. The van der Waals surface area contributed by atoms with E-state index in [0.717, 1.165) is 27.9 Å². The zero-order valence-electron chi connectivity index (χ0n) is 20.4. The Kier molecular flexibility index (Phi) is 6.02. The average Bonchev–Trinajstić information content (AvgIpc) is 3.11. The van der Waals surface area contributed by atoms with Crippen LogP contribution in [0.3, 0.4) is 0 Å². The second-order valence-corrected chi connectivity index (χ2v) is 10.5. The van der Waals surface area contributed by atoms with Crippen molar-refractivity contribution < 1.29 is 22.7 Å². The van der Waals surface area contributed by atoms with Gasteiger partial charge in [-0.1, -0.05) is 60.2 Å². The van der Waals surface area contributed by atoms with E-state index in [0.29, 0.717) is 31.7 Å². The van der Waals surface area contributed by atoms with E-state index in [-0.39, 0.29) is 0 Å². The van der Waals surface area contributed by atoms with Crippen LogP contribution < -0.4 is 9.80 Å². The van der Waals surface area contributed by atoms with Crippen LogP contribution in [-0.2, 0) is 11.8 Å². The van der Waals surface area contributed by atoms with Crippen LogP contribution in [0.25, 0.3) is 0 Å². The van der Waals surface area contributed by atoms with Gasteiger partial charge in [0.05, 0.1) is 19.6 Å². The lowest BCUT2D eigenvalue weighted by atomic mass is 9.71. The first-order valence-corrected chi connectivity index (χ1v) is 12.2. The van der Waals surface area contributed by atoms with E-state index >= 15 is 0 Å². The fraction of sp³-hybridized carbons (Fsp3) is 0.379. The summed E-state index contributed by atoms with van der Waals surface area (Å²) in [6.07, 6.45) is -6.58. The lowest BCUT2D eigenvalue weighted by Crippen LogP contribution is -2.57. The molecule has 2 atom stereocenters. The maximum absolute atomic E-state index is 14.1. The number of hydrogen-bond acceptors (Lipinski definition) is 3.